The Labute approximate surface area is 849 Å². The number of nitrogens with zero attached hydrogens (tertiary/aromatic N) is 5. The molecule has 0 aromatic heterocycles. The minimum absolute atomic E-state index is 0.0726. The van der Waals surface area contributed by atoms with E-state index in [4.69, 9.17) is 187 Å². The minimum Gasteiger partial charge on any atom is -0.503 e. The number of aromatic hydroxyl groups is 10. The van der Waals surface area contributed by atoms with Crippen LogP contribution < -0.4 is 26.6 Å². The number of hydrogen-bond donors (Lipinski definition) is 15. The Balaban J connectivity index is 0.000000128. The van der Waals surface area contributed by atoms with Gasteiger partial charge in [0, 0.05) is 121 Å². The molecule has 6 atom stereocenters. The van der Waals surface area contributed by atoms with Crippen molar-refractivity contribution < 1.29 is 70.1 Å². The van der Waals surface area contributed by atoms with Crippen LogP contribution in [-0.2, 0) is 116 Å². The fourth-order valence-corrected chi connectivity index (χ4v) is 22.4. The van der Waals surface area contributed by atoms with Gasteiger partial charge in [-0.15, -0.1) is 0 Å². The van der Waals surface area contributed by atoms with Crippen molar-refractivity contribution in [2.45, 2.75) is 160 Å². The predicted octanol–water partition coefficient (Wildman–Crippen LogP) is 20.1. The molecule has 15 N–H and O–H groups in total. The first kappa shape index (κ1) is 99.0. The quantitative estimate of drug-likeness (QED) is 0.0382. The first-order valence-corrected chi connectivity index (χ1v) is 48.3. The number of esters is 2. The molecule has 24 nitrogen and oxygen atoms in total. The van der Waals surface area contributed by atoms with Crippen LogP contribution in [0.3, 0.4) is 0 Å². The summed E-state index contributed by atoms with van der Waals surface area (Å²) in [5.41, 5.74) is 17.7. The molecule has 10 aromatic rings. The standard InChI is InChI=1S/2C21H20Cl2N2O4S.2C18H16Cl2N2O2S.C17H16Cl2N2O2S/c2*1-10(26)29-15-8-11-4-2-3-5-12(11)18(15)24-21(30)25-7-6-13-14(9-25)17(23)20(28)19(27)16(13)22;2*19-14-11-7-22(8-12(11)15(20)17(24)16(14)23)18(25)21-13-6-5-9-3-1-2-4-10(9)13;18-13-11-6-7-21(9-12(11)14(19)16(23)15(13)22)17(24)20-8-10-4-2-1-3-5-10/h2*2-5,15,18,27-28H,6-9H2,1H3,(H,24,30);2*1-4,13,23-24H,5-8H2,(H,21,25);1-5,22-23H,6-9H2,(H,20,24)/t2*15-,18+;2*13-;/m1010./s1. The fourth-order valence-electron chi connectivity index (χ4n) is 18.3. The van der Waals surface area contributed by atoms with Crippen molar-refractivity contribution in [1.29, 1.82) is 0 Å². The summed E-state index contributed by atoms with van der Waals surface area (Å²) in [7, 11) is 0. The van der Waals surface area contributed by atoms with Gasteiger partial charge in [-0.05, 0) is 189 Å². The molecule has 0 fully saturated rings. The SMILES string of the molecule is CC(=O)O[C@@H]1Cc2ccccc2[C@@H]1NC(=S)N1CCc2c(Cl)c(O)c(O)c(Cl)c2C1.CC(=O)O[C@H]1Cc2ccccc2[C@H]1NC(=S)N1CCc2c(Cl)c(O)c(O)c(Cl)c2C1.Oc1c(O)c(Cl)c2c(c1Cl)CCN(C(=S)NCc1ccccc1)C2.Oc1c(O)c(Cl)c2c(c1Cl)CN(C(=S)N[C@@H]1CCc3ccccc31)C2.Oc1c(O)c(Cl)c2c(c1Cl)CN(C(=S)N[C@H]1CCc3ccccc31)C2. The maximum absolute atomic E-state index is 11.6. The van der Waals surface area contributed by atoms with Crippen LogP contribution in [0.1, 0.15) is 157 Å². The van der Waals surface area contributed by atoms with E-state index in [-0.39, 0.29) is 133 Å². The number of phenols is 10. The molecule has 4 aliphatic carbocycles. The maximum Gasteiger partial charge on any atom is 0.302 e. The molecule has 702 valence electrons. The average Bonchev–Trinajstić information content (AvgIpc) is 1.54. The van der Waals surface area contributed by atoms with Gasteiger partial charge in [0.1, 0.15) is 12.2 Å². The summed E-state index contributed by atoms with van der Waals surface area (Å²) in [6.07, 6.45) is 6.23. The topological polar surface area (TPSA) is 331 Å². The van der Waals surface area contributed by atoms with Crippen molar-refractivity contribution in [1.82, 2.24) is 51.1 Å². The predicted molar refractivity (Wildman–Crippen MR) is 540 cm³/mol. The lowest BCUT2D eigenvalue weighted by atomic mass is 9.98. The molecule has 0 spiro atoms. The number of rotatable bonds is 8. The second kappa shape index (κ2) is 42.2. The van der Waals surface area contributed by atoms with Crippen molar-refractivity contribution in [2.24, 2.45) is 0 Å². The average molecular weight is 2110 g/mol. The molecule has 134 heavy (non-hydrogen) atoms. The largest absolute Gasteiger partial charge is 0.503 e. The molecule has 39 heteroatoms. The monoisotopic (exact) mass is 2100 g/mol. The first-order chi connectivity index (χ1) is 64.0. The maximum atomic E-state index is 11.6. The number of nitrogens with one attached hydrogen (secondary N) is 5. The van der Waals surface area contributed by atoms with Crippen molar-refractivity contribution in [3.05, 3.63) is 283 Å². The Morgan fingerprint density at radius 3 is 0.866 bits per heavy atom. The second-order valence-corrected chi connectivity index (χ2v) is 38.9. The van der Waals surface area contributed by atoms with Crippen LogP contribution in [0.2, 0.25) is 50.2 Å². The summed E-state index contributed by atoms with van der Waals surface area (Å²) < 4.78 is 11.1. The number of hydrogen-bond acceptors (Lipinski definition) is 19. The molecule has 10 aromatic carbocycles. The van der Waals surface area contributed by atoms with Gasteiger partial charge in [0.15, 0.2) is 83.1 Å². The van der Waals surface area contributed by atoms with Gasteiger partial charge < -0.3 is 112 Å². The van der Waals surface area contributed by atoms with Gasteiger partial charge in [0.2, 0.25) is 0 Å². The zero-order chi connectivity index (χ0) is 95.9. The Morgan fingerprint density at radius 1 is 0.313 bits per heavy atom. The lowest BCUT2D eigenvalue weighted by Crippen LogP contribution is -2.46. The molecular weight excluding hydrogens is 2020 g/mol. The molecule has 0 unspecified atom stereocenters. The van der Waals surface area contributed by atoms with Crippen molar-refractivity contribution in [2.75, 3.05) is 19.6 Å². The number of phenolic OH excluding ortho intramolecular Hbond substituents is 10. The van der Waals surface area contributed by atoms with Gasteiger partial charge >= 0.3 is 11.9 Å². The number of aryl methyl sites for hydroxylation is 2. The highest BCUT2D eigenvalue weighted by Crippen LogP contribution is 2.53. The number of carbonyl (C=O) groups excluding carboxylic acids is 2. The van der Waals surface area contributed by atoms with E-state index in [0.29, 0.717) is 180 Å². The zero-order valence-corrected chi connectivity index (χ0v) is 83.0. The van der Waals surface area contributed by atoms with Crippen molar-refractivity contribution in [3.63, 3.8) is 0 Å². The summed E-state index contributed by atoms with van der Waals surface area (Å²) >= 11 is 89.8. The van der Waals surface area contributed by atoms with Gasteiger partial charge in [-0.25, -0.2) is 0 Å². The van der Waals surface area contributed by atoms with Gasteiger partial charge in [-0.3, -0.25) is 9.59 Å². The molecular formula is C95H88Cl10N10O14S5. The van der Waals surface area contributed by atoms with Crippen LogP contribution in [0.25, 0.3) is 0 Å². The molecule has 0 amide bonds. The number of halogens is 10. The second-order valence-electron chi connectivity index (χ2n) is 33.2. The van der Waals surface area contributed by atoms with Gasteiger partial charge in [-0.2, -0.15) is 0 Å². The van der Waals surface area contributed by atoms with Crippen molar-refractivity contribution >= 4 is 215 Å². The smallest absolute Gasteiger partial charge is 0.302 e. The highest BCUT2D eigenvalue weighted by Gasteiger charge is 2.42. The molecule has 5 heterocycles. The van der Waals surface area contributed by atoms with Crippen LogP contribution in [0.4, 0.5) is 0 Å². The third-order valence-electron chi connectivity index (χ3n) is 25.2. The normalized spacial score (nSPS) is 18.0. The molecule has 9 aliphatic rings. The lowest BCUT2D eigenvalue weighted by Gasteiger charge is -2.34. The van der Waals surface area contributed by atoms with E-state index >= 15 is 0 Å². The summed E-state index contributed by atoms with van der Waals surface area (Å²) in [5, 5.41) is 120. The Hall–Kier alpha value is -9.51. The van der Waals surface area contributed by atoms with Gasteiger partial charge in [-0.1, -0.05) is 243 Å². The van der Waals surface area contributed by atoms with Crippen LogP contribution >= 0.6 is 177 Å². The summed E-state index contributed by atoms with van der Waals surface area (Å²) in [4.78, 5) is 32.9. The van der Waals surface area contributed by atoms with Crippen LogP contribution in [0, 0.1) is 0 Å². The molecule has 0 saturated carbocycles. The summed E-state index contributed by atoms with van der Waals surface area (Å²) in [5.74, 6) is -4.60. The number of carbonyl (C=O) groups is 2. The minimum atomic E-state index is -0.430. The van der Waals surface area contributed by atoms with E-state index in [1.54, 1.807) is 0 Å². The number of benzene rings is 10. The van der Waals surface area contributed by atoms with E-state index in [1.165, 1.54) is 36.1 Å². The van der Waals surface area contributed by atoms with E-state index in [2.05, 4.69) is 63.0 Å². The molecule has 0 radical (unpaired) electrons. The van der Waals surface area contributed by atoms with Gasteiger partial charge in [0.25, 0.3) is 0 Å². The number of ether oxygens (including phenoxy) is 2. The van der Waals surface area contributed by atoms with E-state index in [9.17, 15) is 60.7 Å². The van der Waals surface area contributed by atoms with Gasteiger partial charge in [0.05, 0.1) is 74.4 Å². The lowest BCUT2D eigenvalue weighted by molar-refractivity contribution is -0.148. The number of fused-ring (bicyclic) bond motifs is 9. The molecule has 5 aliphatic heterocycles. The van der Waals surface area contributed by atoms with Crippen LogP contribution in [0.5, 0.6) is 57.5 Å². The number of thiocarbonyl (C=S) groups is 5. The third-order valence-corrected chi connectivity index (χ3v) is 31.1. The Kier molecular flexibility index (Phi) is 31.2. The fraction of sp³-hybridized carbons (Fsp3) is 0.295. The molecule has 19 rings (SSSR count). The zero-order valence-electron chi connectivity index (χ0n) is 71.4. The molecule has 0 saturated heterocycles. The van der Waals surface area contributed by atoms with Crippen LogP contribution in [-0.4, -0.2) is 145 Å². The third kappa shape index (κ3) is 20.6. The highest BCUT2D eigenvalue weighted by molar-refractivity contribution is 7.81. The van der Waals surface area contributed by atoms with E-state index < -0.39 is 23.0 Å². The van der Waals surface area contributed by atoms with E-state index in [0.717, 1.165) is 59.1 Å². The van der Waals surface area contributed by atoms with E-state index in [1.807, 2.05) is 115 Å². The van der Waals surface area contributed by atoms with Crippen LogP contribution in [0.15, 0.2) is 127 Å². The Morgan fingerprint density at radius 2 is 0.560 bits per heavy atom. The first-order valence-electron chi connectivity index (χ1n) is 42.5. The summed E-state index contributed by atoms with van der Waals surface area (Å²) in [6, 6.07) is 42.5. The Bertz CT molecular complexity index is 6010. The summed E-state index contributed by atoms with van der Waals surface area (Å²) in [6.45, 7) is 8.10. The molecule has 0 bridgehead atoms. The van der Waals surface area contributed by atoms with Crippen molar-refractivity contribution in [3.8, 4) is 57.5 Å². The highest BCUT2D eigenvalue weighted by atomic mass is 35.5.